The molecule has 176 valence electrons. The van der Waals surface area contributed by atoms with E-state index in [9.17, 15) is 5.26 Å². The Morgan fingerprint density at radius 2 is 1.64 bits per heavy atom. The summed E-state index contributed by atoms with van der Waals surface area (Å²) in [7, 11) is 1.64. The zero-order chi connectivity index (χ0) is 23.3. The third-order valence-corrected chi connectivity index (χ3v) is 5.81. The number of nitrogens with zero attached hydrogens (tertiary/aromatic N) is 1. The number of ether oxygens (including phenoxy) is 4. The summed E-state index contributed by atoms with van der Waals surface area (Å²) in [5.41, 5.74) is 2.20. The van der Waals surface area contributed by atoms with Crippen molar-refractivity contribution in [1.82, 2.24) is 0 Å². The molecule has 1 aliphatic heterocycles. The topological polar surface area (TPSA) is 60.7 Å². The second kappa shape index (κ2) is 13.4. The Balaban J connectivity index is 1.51. The van der Waals surface area contributed by atoms with Gasteiger partial charge in [-0.1, -0.05) is 64.4 Å². The van der Waals surface area contributed by atoms with Gasteiger partial charge in [0.05, 0.1) is 25.4 Å². The molecule has 0 aliphatic carbocycles. The van der Waals surface area contributed by atoms with Crippen LogP contribution in [0, 0.1) is 11.3 Å². The highest BCUT2D eigenvalue weighted by atomic mass is 16.7. The van der Waals surface area contributed by atoms with E-state index in [4.69, 9.17) is 18.9 Å². The predicted molar refractivity (Wildman–Crippen MR) is 132 cm³/mol. The summed E-state index contributed by atoms with van der Waals surface area (Å²) < 4.78 is 22.3. The fourth-order valence-corrected chi connectivity index (χ4v) is 3.90. The van der Waals surface area contributed by atoms with E-state index in [0.717, 1.165) is 23.3 Å². The van der Waals surface area contributed by atoms with E-state index in [1.54, 1.807) is 7.11 Å². The van der Waals surface area contributed by atoms with Crippen LogP contribution in [0.3, 0.4) is 0 Å². The van der Waals surface area contributed by atoms with E-state index < -0.39 is 0 Å². The molecule has 2 aromatic carbocycles. The Morgan fingerprint density at radius 3 is 2.36 bits per heavy atom. The van der Waals surface area contributed by atoms with E-state index in [1.165, 1.54) is 51.4 Å². The first-order chi connectivity index (χ1) is 16.2. The van der Waals surface area contributed by atoms with Gasteiger partial charge in [0.1, 0.15) is 0 Å². The summed E-state index contributed by atoms with van der Waals surface area (Å²) in [5.74, 6) is 2.76. The number of unbranched alkanes of at least 4 members (excludes halogenated alkanes) is 8. The van der Waals surface area contributed by atoms with Gasteiger partial charge in [0.25, 0.3) is 0 Å². The lowest BCUT2D eigenvalue weighted by Crippen LogP contribution is -1.99. The van der Waals surface area contributed by atoms with Gasteiger partial charge in [0.15, 0.2) is 23.0 Å². The van der Waals surface area contributed by atoms with Gasteiger partial charge in [-0.2, -0.15) is 5.26 Å². The molecule has 1 aliphatic rings. The average molecular weight is 450 g/mol. The summed E-state index contributed by atoms with van der Waals surface area (Å²) in [5, 5.41) is 9.68. The Labute approximate surface area is 197 Å². The van der Waals surface area contributed by atoms with Crippen molar-refractivity contribution in [1.29, 1.82) is 5.26 Å². The monoisotopic (exact) mass is 449 g/mol. The van der Waals surface area contributed by atoms with E-state index >= 15 is 0 Å². The molecule has 0 atom stereocenters. The second-order valence-electron chi connectivity index (χ2n) is 8.33. The summed E-state index contributed by atoms with van der Waals surface area (Å²) in [6, 6.07) is 13.5. The molecule has 0 saturated carbocycles. The van der Waals surface area contributed by atoms with Crippen molar-refractivity contribution in [2.24, 2.45) is 0 Å². The number of allylic oxidation sites excluding steroid dienone is 1. The smallest absolute Gasteiger partial charge is 0.231 e. The van der Waals surface area contributed by atoms with Gasteiger partial charge in [-0.05, 0) is 54.0 Å². The molecule has 0 bridgehead atoms. The summed E-state index contributed by atoms with van der Waals surface area (Å²) in [6.45, 7) is 3.15. The summed E-state index contributed by atoms with van der Waals surface area (Å²) in [6.07, 6.45) is 13.4. The number of benzene rings is 2. The maximum atomic E-state index is 9.68. The van der Waals surface area contributed by atoms with Crippen LogP contribution in [0.25, 0.3) is 11.6 Å². The zero-order valence-electron chi connectivity index (χ0n) is 19.9. The molecule has 33 heavy (non-hydrogen) atoms. The lowest BCUT2D eigenvalue weighted by Gasteiger charge is -2.11. The van der Waals surface area contributed by atoms with Gasteiger partial charge in [0, 0.05) is 0 Å². The van der Waals surface area contributed by atoms with Crippen molar-refractivity contribution in [2.45, 2.75) is 64.7 Å². The third kappa shape index (κ3) is 7.46. The number of rotatable bonds is 14. The first-order valence-corrected chi connectivity index (χ1v) is 12.1. The number of hydrogen-bond donors (Lipinski definition) is 0. The average Bonchev–Trinajstić information content (AvgIpc) is 3.32. The van der Waals surface area contributed by atoms with Crippen LogP contribution >= 0.6 is 0 Å². The van der Waals surface area contributed by atoms with Crippen LogP contribution in [0.15, 0.2) is 36.4 Å². The van der Waals surface area contributed by atoms with Crippen LogP contribution in [-0.2, 0) is 0 Å². The molecule has 1 heterocycles. The number of fused-ring (bicyclic) bond motifs is 1. The van der Waals surface area contributed by atoms with Gasteiger partial charge in [-0.3, -0.25) is 0 Å². The zero-order valence-corrected chi connectivity index (χ0v) is 19.9. The van der Waals surface area contributed by atoms with Crippen LogP contribution in [0.2, 0.25) is 0 Å². The molecule has 0 radical (unpaired) electrons. The molecule has 2 aromatic rings. The Hall–Kier alpha value is -3.13. The van der Waals surface area contributed by atoms with Gasteiger partial charge in [0.2, 0.25) is 6.79 Å². The minimum Gasteiger partial charge on any atom is -0.493 e. The molecule has 0 saturated heterocycles. The molecule has 0 spiro atoms. The second-order valence-corrected chi connectivity index (χ2v) is 8.33. The molecule has 0 fully saturated rings. The Bertz CT molecular complexity index is 961. The fourth-order valence-electron chi connectivity index (χ4n) is 3.90. The van der Waals surface area contributed by atoms with E-state index in [-0.39, 0.29) is 6.79 Å². The van der Waals surface area contributed by atoms with Gasteiger partial charge in [-0.25, -0.2) is 0 Å². The quantitative estimate of drug-likeness (QED) is 0.171. The summed E-state index contributed by atoms with van der Waals surface area (Å²) >= 11 is 0. The van der Waals surface area contributed by atoms with Gasteiger partial charge in [-0.15, -0.1) is 0 Å². The number of nitriles is 1. The normalized spacial score (nSPS) is 12.5. The van der Waals surface area contributed by atoms with Crippen LogP contribution in [-0.4, -0.2) is 20.5 Å². The molecule has 0 N–H and O–H groups in total. The van der Waals surface area contributed by atoms with Crippen LogP contribution in [0.1, 0.15) is 75.8 Å². The van der Waals surface area contributed by atoms with Crippen molar-refractivity contribution < 1.29 is 18.9 Å². The van der Waals surface area contributed by atoms with Crippen molar-refractivity contribution in [3.05, 3.63) is 47.5 Å². The molecule has 0 aromatic heterocycles. The van der Waals surface area contributed by atoms with Crippen molar-refractivity contribution in [2.75, 3.05) is 20.5 Å². The summed E-state index contributed by atoms with van der Waals surface area (Å²) in [4.78, 5) is 0. The van der Waals surface area contributed by atoms with E-state index in [1.807, 2.05) is 42.5 Å². The number of methoxy groups -OCH3 is 1. The maximum Gasteiger partial charge on any atom is 0.231 e. The van der Waals surface area contributed by atoms with Gasteiger partial charge >= 0.3 is 0 Å². The number of hydrogen-bond acceptors (Lipinski definition) is 5. The maximum absolute atomic E-state index is 9.68. The lowest BCUT2D eigenvalue weighted by molar-refractivity contribution is 0.174. The van der Waals surface area contributed by atoms with E-state index in [0.29, 0.717) is 29.4 Å². The van der Waals surface area contributed by atoms with Crippen molar-refractivity contribution in [3.8, 4) is 29.1 Å². The molecule has 0 unspecified atom stereocenters. The third-order valence-electron chi connectivity index (χ3n) is 5.81. The minimum absolute atomic E-state index is 0.210. The first kappa shape index (κ1) is 24.5. The standard InChI is InChI=1S/C28H35NO4/c1-3-4-5-6-7-8-9-10-11-16-31-25-14-12-22(18-27(25)30-2)17-24(20-29)23-13-15-26-28(19-23)33-21-32-26/h12-15,17-19H,3-11,16,21H2,1-2H3. The van der Waals surface area contributed by atoms with Crippen molar-refractivity contribution >= 4 is 11.6 Å². The van der Waals surface area contributed by atoms with Crippen LogP contribution in [0.4, 0.5) is 0 Å². The molecule has 3 rings (SSSR count). The van der Waals surface area contributed by atoms with E-state index in [2.05, 4.69) is 13.0 Å². The largest absolute Gasteiger partial charge is 0.493 e. The highest BCUT2D eigenvalue weighted by Crippen LogP contribution is 2.35. The highest BCUT2D eigenvalue weighted by molar-refractivity contribution is 5.90. The Kier molecular flexibility index (Phi) is 9.97. The SMILES string of the molecule is CCCCCCCCCCCOc1ccc(C=C(C#N)c2ccc3c(c2)OCO3)cc1OC. The minimum atomic E-state index is 0.210. The fraction of sp³-hybridized carbons (Fsp3) is 0.464. The molecule has 5 nitrogen and oxygen atoms in total. The molecule has 5 heteroatoms. The van der Waals surface area contributed by atoms with Crippen molar-refractivity contribution in [3.63, 3.8) is 0 Å². The van der Waals surface area contributed by atoms with Crippen LogP contribution < -0.4 is 18.9 Å². The van der Waals surface area contributed by atoms with Gasteiger partial charge < -0.3 is 18.9 Å². The predicted octanol–water partition coefficient (Wildman–Crippen LogP) is 7.40. The molecular weight excluding hydrogens is 414 g/mol. The van der Waals surface area contributed by atoms with Crippen LogP contribution in [0.5, 0.6) is 23.0 Å². The molecule has 0 amide bonds. The first-order valence-electron chi connectivity index (χ1n) is 12.1. The lowest BCUT2D eigenvalue weighted by atomic mass is 10.0. The molecular formula is C28H35NO4. The highest BCUT2D eigenvalue weighted by Gasteiger charge is 2.15. The Morgan fingerprint density at radius 1 is 0.909 bits per heavy atom.